The Kier molecular flexibility index (Phi) is 3.56. The van der Waals surface area contributed by atoms with Gasteiger partial charge >= 0.3 is 0 Å². The number of hydrogen-bond donors (Lipinski definition) is 1. The predicted molar refractivity (Wildman–Crippen MR) is 75.6 cm³/mol. The molecule has 3 rings (SSSR count). The first-order valence-electron chi connectivity index (χ1n) is 7.34. The van der Waals surface area contributed by atoms with Gasteiger partial charge in [0.25, 0.3) is 0 Å². The van der Waals surface area contributed by atoms with Gasteiger partial charge in [-0.05, 0) is 43.6 Å². The molecule has 2 unspecified atom stereocenters. The van der Waals surface area contributed by atoms with Crippen LogP contribution in [0.5, 0.6) is 0 Å². The number of rotatable bonds is 4. The molecule has 102 valence electrons. The van der Waals surface area contributed by atoms with Crippen molar-refractivity contribution >= 4 is 5.91 Å². The van der Waals surface area contributed by atoms with E-state index in [2.05, 4.69) is 12.1 Å². The van der Waals surface area contributed by atoms with Crippen LogP contribution in [-0.2, 0) is 11.2 Å². The van der Waals surface area contributed by atoms with Gasteiger partial charge in [-0.25, -0.2) is 0 Å². The Bertz CT molecular complexity index is 445. The molecule has 1 saturated heterocycles. The molecule has 0 radical (unpaired) electrons. The van der Waals surface area contributed by atoms with Crippen LogP contribution in [0.3, 0.4) is 0 Å². The number of hydrogen-bond acceptors (Lipinski definition) is 2. The third-order valence-corrected chi connectivity index (χ3v) is 4.60. The molecule has 0 aromatic heterocycles. The third kappa shape index (κ3) is 2.66. The van der Waals surface area contributed by atoms with Gasteiger partial charge in [0.15, 0.2) is 0 Å². The standard InChI is InChI=1S/C16H22N2O/c17-15(9-7-12-4-2-1-3-5-12)16(19)18-11-13-6-8-14(18)10-13/h1-5,13-15H,6-11,17H2/t13?,14?,15-/m0/s1. The molecule has 1 amide bonds. The van der Waals surface area contributed by atoms with Crippen molar-refractivity contribution in [2.24, 2.45) is 11.7 Å². The number of nitrogens with zero attached hydrogens (tertiary/aromatic N) is 1. The zero-order valence-electron chi connectivity index (χ0n) is 11.3. The van der Waals surface area contributed by atoms with Crippen molar-refractivity contribution in [1.29, 1.82) is 0 Å². The lowest BCUT2D eigenvalue weighted by Gasteiger charge is -2.29. The van der Waals surface area contributed by atoms with Crippen LogP contribution in [0.2, 0.25) is 0 Å². The van der Waals surface area contributed by atoms with Crippen LogP contribution in [0.15, 0.2) is 30.3 Å². The summed E-state index contributed by atoms with van der Waals surface area (Å²) in [6.45, 7) is 0.947. The van der Waals surface area contributed by atoms with Crippen molar-refractivity contribution in [2.75, 3.05) is 6.54 Å². The van der Waals surface area contributed by atoms with Gasteiger partial charge in [-0.2, -0.15) is 0 Å². The van der Waals surface area contributed by atoms with Crippen LogP contribution in [0, 0.1) is 5.92 Å². The molecule has 1 saturated carbocycles. The quantitative estimate of drug-likeness (QED) is 0.897. The largest absolute Gasteiger partial charge is 0.338 e. The van der Waals surface area contributed by atoms with Gasteiger partial charge in [0.1, 0.15) is 0 Å². The maximum Gasteiger partial charge on any atom is 0.239 e. The van der Waals surface area contributed by atoms with E-state index in [-0.39, 0.29) is 11.9 Å². The Balaban J connectivity index is 1.53. The molecule has 0 spiro atoms. The minimum absolute atomic E-state index is 0.170. The van der Waals surface area contributed by atoms with Crippen LogP contribution >= 0.6 is 0 Å². The molecule has 2 N–H and O–H groups in total. The molecule has 1 aliphatic carbocycles. The highest BCUT2D eigenvalue weighted by atomic mass is 16.2. The second kappa shape index (κ2) is 5.33. The summed E-state index contributed by atoms with van der Waals surface area (Å²) >= 11 is 0. The highest BCUT2D eigenvalue weighted by Gasteiger charge is 2.41. The normalized spacial score (nSPS) is 26.7. The van der Waals surface area contributed by atoms with E-state index < -0.39 is 0 Å². The molecule has 1 heterocycles. The van der Waals surface area contributed by atoms with E-state index in [1.54, 1.807) is 0 Å². The average Bonchev–Trinajstić information content (AvgIpc) is 3.07. The summed E-state index contributed by atoms with van der Waals surface area (Å²) in [7, 11) is 0. The molecule has 3 nitrogen and oxygen atoms in total. The van der Waals surface area contributed by atoms with Gasteiger partial charge in [-0.1, -0.05) is 30.3 Å². The lowest BCUT2D eigenvalue weighted by atomic mass is 10.0. The molecular weight excluding hydrogens is 236 g/mol. The highest BCUT2D eigenvalue weighted by molar-refractivity contribution is 5.82. The topological polar surface area (TPSA) is 46.3 Å². The van der Waals surface area contributed by atoms with Gasteiger partial charge in [0.05, 0.1) is 6.04 Å². The summed E-state index contributed by atoms with van der Waals surface area (Å²) in [5.41, 5.74) is 7.34. The Labute approximate surface area is 114 Å². The minimum Gasteiger partial charge on any atom is -0.338 e. The van der Waals surface area contributed by atoms with E-state index in [4.69, 9.17) is 5.73 Å². The zero-order chi connectivity index (χ0) is 13.2. The molecule has 2 aliphatic rings. The number of fused-ring (bicyclic) bond motifs is 2. The maximum atomic E-state index is 12.4. The SMILES string of the molecule is N[C@@H](CCc1ccccc1)C(=O)N1CC2CCC1C2. The van der Waals surface area contributed by atoms with Gasteiger partial charge in [0.2, 0.25) is 5.91 Å². The zero-order valence-corrected chi connectivity index (χ0v) is 11.3. The van der Waals surface area contributed by atoms with Crippen molar-refractivity contribution in [3.05, 3.63) is 35.9 Å². The van der Waals surface area contributed by atoms with E-state index in [9.17, 15) is 4.79 Å². The summed E-state index contributed by atoms with van der Waals surface area (Å²) in [6.07, 6.45) is 5.32. The number of piperidine rings is 1. The van der Waals surface area contributed by atoms with Crippen molar-refractivity contribution in [3.63, 3.8) is 0 Å². The fraction of sp³-hybridized carbons (Fsp3) is 0.562. The first-order chi connectivity index (χ1) is 9.24. The van der Waals surface area contributed by atoms with E-state index in [0.717, 1.165) is 25.3 Å². The monoisotopic (exact) mass is 258 g/mol. The summed E-state index contributed by atoms with van der Waals surface area (Å²) in [5, 5.41) is 0. The van der Waals surface area contributed by atoms with Crippen LogP contribution < -0.4 is 5.73 Å². The van der Waals surface area contributed by atoms with Crippen molar-refractivity contribution in [1.82, 2.24) is 4.90 Å². The smallest absolute Gasteiger partial charge is 0.239 e. The Hall–Kier alpha value is -1.35. The number of benzene rings is 1. The van der Waals surface area contributed by atoms with Crippen LogP contribution in [0.1, 0.15) is 31.2 Å². The molecule has 1 aromatic carbocycles. The lowest BCUT2D eigenvalue weighted by Crippen LogP contribution is -2.47. The van der Waals surface area contributed by atoms with Crippen LogP contribution in [0.4, 0.5) is 0 Å². The second-order valence-electron chi connectivity index (χ2n) is 5.95. The van der Waals surface area contributed by atoms with Gasteiger partial charge in [-0.3, -0.25) is 4.79 Å². The number of carbonyl (C=O) groups excluding carboxylic acids is 1. The molecule has 1 aromatic rings. The Morgan fingerprint density at radius 2 is 2.11 bits per heavy atom. The third-order valence-electron chi connectivity index (χ3n) is 4.60. The van der Waals surface area contributed by atoms with E-state index in [0.29, 0.717) is 6.04 Å². The van der Waals surface area contributed by atoms with Crippen LogP contribution in [0.25, 0.3) is 0 Å². The first-order valence-corrected chi connectivity index (χ1v) is 7.34. The van der Waals surface area contributed by atoms with Gasteiger partial charge in [0, 0.05) is 12.6 Å². The predicted octanol–water partition coefficient (Wildman–Crippen LogP) is 1.96. The summed E-state index contributed by atoms with van der Waals surface area (Å²) < 4.78 is 0. The lowest BCUT2D eigenvalue weighted by molar-refractivity contribution is -0.134. The number of nitrogens with two attached hydrogens (primary N) is 1. The summed E-state index contributed by atoms with van der Waals surface area (Å²) in [6, 6.07) is 10.4. The highest BCUT2D eigenvalue weighted by Crippen LogP contribution is 2.37. The molecule has 2 bridgehead atoms. The number of carbonyl (C=O) groups is 1. The second-order valence-corrected chi connectivity index (χ2v) is 5.95. The minimum atomic E-state index is -0.334. The molecule has 19 heavy (non-hydrogen) atoms. The molecule has 2 fully saturated rings. The molecule has 1 aliphatic heterocycles. The number of amides is 1. The summed E-state index contributed by atoms with van der Waals surface area (Å²) in [5.74, 6) is 0.915. The van der Waals surface area contributed by atoms with Crippen molar-refractivity contribution < 1.29 is 4.79 Å². The van der Waals surface area contributed by atoms with Crippen molar-refractivity contribution in [2.45, 2.75) is 44.2 Å². The van der Waals surface area contributed by atoms with Gasteiger partial charge in [-0.15, -0.1) is 0 Å². The Morgan fingerprint density at radius 1 is 1.32 bits per heavy atom. The average molecular weight is 258 g/mol. The molecule has 3 heteroatoms. The van der Waals surface area contributed by atoms with E-state index >= 15 is 0 Å². The molecule has 3 atom stereocenters. The molecular formula is C16H22N2O. The first kappa shape index (κ1) is 12.7. The van der Waals surface area contributed by atoms with Crippen molar-refractivity contribution in [3.8, 4) is 0 Å². The summed E-state index contributed by atoms with van der Waals surface area (Å²) in [4.78, 5) is 14.4. The van der Waals surface area contributed by atoms with Gasteiger partial charge < -0.3 is 10.6 Å². The number of aryl methyl sites for hydroxylation is 1. The number of likely N-dealkylation sites (tertiary alicyclic amines) is 1. The van der Waals surface area contributed by atoms with Crippen LogP contribution in [-0.4, -0.2) is 29.4 Å². The van der Waals surface area contributed by atoms with E-state index in [1.807, 2.05) is 23.1 Å². The fourth-order valence-electron chi connectivity index (χ4n) is 3.50. The van der Waals surface area contributed by atoms with E-state index in [1.165, 1.54) is 24.8 Å². The Morgan fingerprint density at radius 3 is 2.74 bits per heavy atom. The fourth-order valence-corrected chi connectivity index (χ4v) is 3.50. The maximum absolute atomic E-state index is 12.4.